The van der Waals surface area contributed by atoms with Crippen molar-refractivity contribution in [3.05, 3.63) is 71.8 Å². The van der Waals surface area contributed by atoms with Gasteiger partial charge in [0, 0.05) is 30.9 Å². The number of rotatable bonds is 23. The van der Waals surface area contributed by atoms with Crippen LogP contribution in [-0.2, 0) is 46.3 Å². The number of carbonyl (C=O) groups excluding carboxylic acids is 6. The first-order valence-electron chi connectivity index (χ1n) is 20.9. The van der Waals surface area contributed by atoms with Gasteiger partial charge in [-0.3, -0.25) is 29.0 Å². The lowest BCUT2D eigenvalue weighted by molar-refractivity contribution is -0.157. The number of ether oxygens (including phenoxy) is 2. The minimum absolute atomic E-state index is 0.0264. The Bertz CT molecular complexity index is 1820. The molecule has 0 spiro atoms. The number of alkyl carbamates (subject to hydrolysis) is 1. The maximum absolute atomic E-state index is 14.3. The minimum Gasteiger partial charge on any atom is -0.460 e. The molecule has 4 atom stereocenters. The summed E-state index contributed by atoms with van der Waals surface area (Å²) in [6, 6.07) is 14.7. The Morgan fingerprint density at radius 1 is 0.702 bits per heavy atom. The highest BCUT2D eigenvalue weighted by Crippen LogP contribution is 2.20. The molecule has 0 unspecified atom stereocenters. The highest BCUT2D eigenvalue weighted by molar-refractivity contribution is 5.95. The Kier molecular flexibility index (Phi) is 17.0. The van der Waals surface area contributed by atoms with Crippen LogP contribution >= 0.6 is 0 Å². The molecule has 0 fully saturated rings. The zero-order chi connectivity index (χ0) is 46.2. The van der Waals surface area contributed by atoms with Gasteiger partial charge in [-0.1, -0.05) is 60.7 Å². The van der Waals surface area contributed by atoms with Crippen LogP contribution in [-0.4, -0.2) is 77.9 Å². The van der Waals surface area contributed by atoms with Crippen LogP contribution in [0.25, 0.3) is 0 Å². The van der Waals surface area contributed by atoms with Gasteiger partial charge in [0.2, 0.25) is 17.7 Å². The molecule has 57 heavy (non-hydrogen) atoms. The largest absolute Gasteiger partial charge is 0.460 e. The monoisotopic (exact) mass is 797 g/mol. The van der Waals surface area contributed by atoms with Crippen molar-refractivity contribution in [2.24, 2.45) is 34.0 Å². The molecule has 0 aromatic heterocycles. The van der Waals surface area contributed by atoms with Crippen LogP contribution in [0, 0.1) is 11.8 Å². The predicted octanol–water partition coefficient (Wildman–Crippen LogP) is 3.60. The summed E-state index contributed by atoms with van der Waals surface area (Å²) < 4.78 is 44.5. The summed E-state index contributed by atoms with van der Waals surface area (Å²) in [7, 11) is 0. The number of hydrogen-bond donors (Lipinski definition) is 6. The molecule has 9 N–H and O–H groups in total. The first-order chi connectivity index (χ1) is 28.2. The first kappa shape index (κ1) is 41.2. The molecule has 2 aromatic rings. The van der Waals surface area contributed by atoms with Gasteiger partial charge in [0.05, 0.1) is 18.4 Å². The van der Waals surface area contributed by atoms with E-state index in [4.69, 9.17) is 32.2 Å². The highest BCUT2D eigenvalue weighted by atomic mass is 16.6. The molecule has 0 bridgehead atoms. The average Bonchev–Trinajstić information content (AvgIpc) is 3.13. The van der Waals surface area contributed by atoms with Gasteiger partial charge in [0.1, 0.15) is 17.2 Å². The molecule has 0 radical (unpaired) electrons. The SMILES string of the molecule is [2H]C([2H])(CNC(=O)OC(C)(C)C)C([2H])([2H])C[C@H](NC(=O)[C@@H](CC(=O)[C@@H](CCCN=C(N)N)NC(=O)[C@@H](CC(=O)OC(C)(C)C)Cc1ccccc1)Cc1ccccc1)C(N)=O. The van der Waals surface area contributed by atoms with Crippen molar-refractivity contribution >= 4 is 41.5 Å². The van der Waals surface area contributed by atoms with E-state index in [1.165, 1.54) is 0 Å². The van der Waals surface area contributed by atoms with E-state index in [9.17, 15) is 28.8 Å². The first-order valence-corrected chi connectivity index (χ1v) is 18.9. The molecule has 0 heterocycles. The van der Waals surface area contributed by atoms with Crippen molar-refractivity contribution in [3.8, 4) is 0 Å². The van der Waals surface area contributed by atoms with E-state index < -0.39 is 103 Å². The van der Waals surface area contributed by atoms with Gasteiger partial charge in [0.25, 0.3) is 0 Å². The molecule has 2 aromatic carbocycles. The van der Waals surface area contributed by atoms with Crippen molar-refractivity contribution in [1.29, 1.82) is 0 Å². The van der Waals surface area contributed by atoms with Gasteiger partial charge in [0.15, 0.2) is 11.7 Å². The molecular formula is C42H63N7O8. The van der Waals surface area contributed by atoms with Crippen molar-refractivity contribution in [2.75, 3.05) is 13.1 Å². The van der Waals surface area contributed by atoms with Gasteiger partial charge >= 0.3 is 12.1 Å². The number of nitrogens with one attached hydrogen (secondary N) is 3. The summed E-state index contributed by atoms with van der Waals surface area (Å²) in [5.74, 6) is -6.12. The van der Waals surface area contributed by atoms with E-state index >= 15 is 0 Å². The van der Waals surface area contributed by atoms with Crippen LogP contribution in [0.1, 0.15) is 103 Å². The van der Waals surface area contributed by atoms with E-state index in [0.29, 0.717) is 5.56 Å². The minimum atomic E-state index is -2.83. The Hall–Kier alpha value is -5.47. The number of primary amides is 1. The van der Waals surface area contributed by atoms with Crippen LogP contribution in [0.2, 0.25) is 0 Å². The summed E-state index contributed by atoms with van der Waals surface area (Å²) in [6.07, 6.45) is -7.86. The topological polar surface area (TPSA) is 247 Å². The lowest BCUT2D eigenvalue weighted by Crippen LogP contribution is -2.49. The lowest BCUT2D eigenvalue weighted by atomic mass is 9.89. The van der Waals surface area contributed by atoms with Gasteiger partial charge in [-0.2, -0.15) is 0 Å². The number of esters is 1. The molecule has 2 rings (SSSR count). The Morgan fingerprint density at radius 3 is 1.70 bits per heavy atom. The zero-order valence-corrected chi connectivity index (χ0v) is 33.9. The number of amides is 4. The number of guanidine groups is 1. The number of carbonyl (C=O) groups is 6. The van der Waals surface area contributed by atoms with Crippen LogP contribution in [0.4, 0.5) is 4.79 Å². The maximum atomic E-state index is 14.3. The second kappa shape index (κ2) is 23.6. The summed E-state index contributed by atoms with van der Waals surface area (Å²) in [5.41, 5.74) is 16.3. The second-order valence-corrected chi connectivity index (χ2v) is 15.6. The summed E-state index contributed by atoms with van der Waals surface area (Å²) >= 11 is 0. The van der Waals surface area contributed by atoms with Crippen molar-refractivity contribution in [2.45, 2.75) is 123 Å². The molecule has 0 saturated carbocycles. The van der Waals surface area contributed by atoms with E-state index in [1.54, 1.807) is 96.1 Å². The molecular weight excluding hydrogens is 731 g/mol. The van der Waals surface area contributed by atoms with Crippen LogP contribution in [0.5, 0.6) is 0 Å². The van der Waals surface area contributed by atoms with Gasteiger partial charge < -0.3 is 42.6 Å². The fourth-order valence-corrected chi connectivity index (χ4v) is 5.57. The molecule has 0 aliphatic carbocycles. The molecule has 15 nitrogen and oxygen atoms in total. The van der Waals surface area contributed by atoms with Crippen molar-refractivity contribution in [1.82, 2.24) is 16.0 Å². The zero-order valence-electron chi connectivity index (χ0n) is 37.9. The van der Waals surface area contributed by atoms with Crippen LogP contribution in [0.15, 0.2) is 65.7 Å². The Morgan fingerprint density at radius 2 is 1.21 bits per heavy atom. The smallest absolute Gasteiger partial charge is 0.407 e. The van der Waals surface area contributed by atoms with E-state index in [0.717, 1.165) is 5.56 Å². The normalized spacial score (nSPS) is 15.1. The second-order valence-electron chi connectivity index (χ2n) is 15.6. The molecule has 15 heteroatoms. The molecule has 0 aliphatic rings. The van der Waals surface area contributed by atoms with E-state index in [2.05, 4.69) is 20.9 Å². The number of hydrogen-bond acceptors (Lipinski definition) is 9. The van der Waals surface area contributed by atoms with Crippen LogP contribution in [0.3, 0.4) is 0 Å². The van der Waals surface area contributed by atoms with E-state index in [1.807, 2.05) is 6.07 Å². The number of nitrogens with two attached hydrogens (primary N) is 3. The summed E-state index contributed by atoms with van der Waals surface area (Å²) in [6.45, 7) is 9.20. The van der Waals surface area contributed by atoms with Crippen molar-refractivity contribution in [3.63, 3.8) is 0 Å². The number of aliphatic imine (C=N–C) groups is 1. The molecule has 314 valence electrons. The summed E-state index contributed by atoms with van der Waals surface area (Å²) in [5, 5.41) is 7.42. The number of ketones is 1. The third kappa shape index (κ3) is 20.9. The standard InChI is InChI=1S/C42H63N7O8/c1-41(2,3)56-35(51)27-31(25-29-18-11-8-12-19-29)38(54)48-32(21-15-23-46-39(44)45)34(50)26-30(24-28-16-9-7-10-17-28)37(53)49-33(36(43)52)20-13-14-22-47-40(55)57-42(4,5)6/h7-12,16-19,30-33H,13-15,20-27H2,1-6H3,(H2,43,52)(H,47,55)(H,48,54)(H,49,53)(H4,44,45,46)/t30-,31-,32-,33+/m1/s1/i13D2,14D2. The molecule has 0 aliphatic heterocycles. The van der Waals surface area contributed by atoms with Crippen molar-refractivity contribution < 1.29 is 43.7 Å². The summed E-state index contributed by atoms with van der Waals surface area (Å²) in [4.78, 5) is 84.2. The third-order valence-electron chi connectivity index (χ3n) is 8.13. The van der Waals surface area contributed by atoms with Crippen LogP contribution < -0.4 is 33.2 Å². The van der Waals surface area contributed by atoms with E-state index in [-0.39, 0.29) is 44.6 Å². The fraction of sp³-hybridized carbons (Fsp3) is 0.548. The predicted molar refractivity (Wildman–Crippen MR) is 218 cm³/mol. The highest BCUT2D eigenvalue weighted by Gasteiger charge is 2.32. The number of nitrogens with zero attached hydrogens (tertiary/aromatic N) is 1. The number of benzene rings is 2. The number of Topliss-reactive ketones (excluding diaryl/α,β-unsaturated/α-hetero) is 1. The quantitative estimate of drug-likeness (QED) is 0.0413. The Balaban J connectivity index is 2.43. The third-order valence-corrected chi connectivity index (χ3v) is 8.13. The molecule has 4 amide bonds. The Labute approximate surface area is 342 Å². The van der Waals surface area contributed by atoms with Gasteiger partial charge in [-0.25, -0.2) is 4.79 Å². The lowest BCUT2D eigenvalue weighted by Gasteiger charge is -2.26. The average molecular weight is 798 g/mol. The molecule has 0 saturated heterocycles. The van der Waals surface area contributed by atoms with Gasteiger partial charge in [-0.15, -0.1) is 0 Å². The van der Waals surface area contributed by atoms with Gasteiger partial charge in [-0.05, 0) is 97.5 Å². The maximum Gasteiger partial charge on any atom is 0.407 e. The fourth-order valence-electron chi connectivity index (χ4n) is 5.57.